The fourth-order valence-corrected chi connectivity index (χ4v) is 2.14. The summed E-state index contributed by atoms with van der Waals surface area (Å²) in [6.45, 7) is 2.80. The molecule has 0 aliphatic carbocycles. The molecule has 0 spiro atoms. The average molecular weight is 298 g/mol. The normalized spacial score (nSPS) is 19.8. The Kier molecular flexibility index (Phi) is 6.44. The monoisotopic (exact) mass is 296 g/mol. The van der Waals surface area contributed by atoms with Crippen molar-refractivity contribution in [3.8, 4) is 0 Å². The third-order valence-electron chi connectivity index (χ3n) is 2.66. The van der Waals surface area contributed by atoms with Gasteiger partial charge in [0.15, 0.2) is 0 Å². The van der Waals surface area contributed by atoms with Crippen molar-refractivity contribution >= 4 is 35.6 Å². The maximum atomic E-state index is 5.96. The molecule has 0 amide bonds. The number of hydrogen-bond acceptors (Lipinski definition) is 4. The number of nitrogens with zero attached hydrogens (tertiary/aromatic N) is 2. The van der Waals surface area contributed by atoms with Gasteiger partial charge >= 0.3 is 0 Å². The van der Waals surface area contributed by atoms with E-state index < -0.39 is 0 Å². The van der Waals surface area contributed by atoms with Gasteiger partial charge in [-0.1, -0.05) is 11.6 Å². The van der Waals surface area contributed by atoms with Crippen molar-refractivity contribution < 1.29 is 0 Å². The Balaban J connectivity index is 0.00000144. The highest BCUT2D eigenvalue weighted by atomic mass is 35.5. The van der Waals surface area contributed by atoms with Gasteiger partial charge in [-0.25, -0.2) is 9.97 Å². The molecule has 17 heavy (non-hydrogen) atoms. The van der Waals surface area contributed by atoms with Gasteiger partial charge in [-0.15, -0.1) is 12.4 Å². The topological polar surface area (TPSA) is 49.8 Å². The Hall–Kier alpha value is -0.130. The number of halogens is 3. The van der Waals surface area contributed by atoms with E-state index in [4.69, 9.17) is 23.2 Å². The molecule has 2 heterocycles. The second kappa shape index (κ2) is 7.34. The number of aromatic nitrogens is 2. The first-order chi connectivity index (χ1) is 7.75. The third kappa shape index (κ3) is 4.56. The van der Waals surface area contributed by atoms with Crippen LogP contribution in [0.4, 0.5) is 0 Å². The van der Waals surface area contributed by atoms with E-state index in [1.807, 2.05) is 0 Å². The largest absolute Gasteiger partial charge is 0.315 e. The van der Waals surface area contributed by atoms with Gasteiger partial charge in [0.1, 0.15) is 5.15 Å². The van der Waals surface area contributed by atoms with Gasteiger partial charge in [0.2, 0.25) is 5.28 Å². The van der Waals surface area contributed by atoms with Crippen LogP contribution in [0, 0.1) is 0 Å². The van der Waals surface area contributed by atoms with Crippen molar-refractivity contribution in [2.45, 2.75) is 25.4 Å². The maximum Gasteiger partial charge on any atom is 0.223 e. The average Bonchev–Trinajstić information content (AvgIpc) is 2.29. The molecule has 7 heteroatoms. The lowest BCUT2D eigenvalue weighted by molar-refractivity contribution is 0.389. The predicted molar refractivity (Wildman–Crippen MR) is 72.0 cm³/mol. The summed E-state index contributed by atoms with van der Waals surface area (Å²) in [5.74, 6) is 0. The lowest BCUT2D eigenvalue weighted by Crippen LogP contribution is -2.42. The summed E-state index contributed by atoms with van der Waals surface area (Å²) in [6, 6.07) is 0.500. The molecule has 1 aliphatic rings. The lowest BCUT2D eigenvalue weighted by Gasteiger charge is -2.23. The van der Waals surface area contributed by atoms with Crippen LogP contribution in [0.25, 0.3) is 0 Å². The quantitative estimate of drug-likeness (QED) is 0.662. The van der Waals surface area contributed by atoms with Crippen LogP contribution in [0.1, 0.15) is 18.4 Å². The summed E-state index contributed by atoms with van der Waals surface area (Å²) in [7, 11) is 0. The minimum Gasteiger partial charge on any atom is -0.315 e. The molecule has 0 saturated carbocycles. The van der Waals surface area contributed by atoms with Crippen molar-refractivity contribution in [3.63, 3.8) is 0 Å². The Morgan fingerprint density at radius 2 is 2.29 bits per heavy atom. The Morgan fingerprint density at radius 1 is 1.47 bits per heavy atom. The molecule has 4 nitrogen and oxygen atoms in total. The molecule has 0 radical (unpaired) electrons. The van der Waals surface area contributed by atoms with Gasteiger partial charge in [0.05, 0.1) is 0 Å². The van der Waals surface area contributed by atoms with Crippen LogP contribution in [0.5, 0.6) is 0 Å². The van der Waals surface area contributed by atoms with Gasteiger partial charge in [-0.05, 0) is 31.0 Å². The molecule has 96 valence electrons. The van der Waals surface area contributed by atoms with Crippen LogP contribution in [0.15, 0.2) is 6.20 Å². The summed E-state index contributed by atoms with van der Waals surface area (Å²) in [6.07, 6.45) is 4.07. The highest BCUT2D eigenvalue weighted by Crippen LogP contribution is 2.14. The molecule has 1 aromatic rings. The van der Waals surface area contributed by atoms with Gasteiger partial charge in [0.25, 0.3) is 0 Å². The van der Waals surface area contributed by atoms with Gasteiger partial charge < -0.3 is 10.6 Å². The second-order valence-corrected chi connectivity index (χ2v) is 4.58. The second-order valence-electron chi connectivity index (χ2n) is 3.88. The first kappa shape index (κ1) is 14.9. The minimum absolute atomic E-state index is 0. The summed E-state index contributed by atoms with van der Waals surface area (Å²) >= 11 is 11.6. The molecule has 2 rings (SSSR count). The van der Waals surface area contributed by atoms with E-state index in [1.54, 1.807) is 6.20 Å². The first-order valence-electron chi connectivity index (χ1n) is 5.37. The minimum atomic E-state index is 0. The molecule has 1 fully saturated rings. The zero-order valence-electron chi connectivity index (χ0n) is 9.25. The zero-order chi connectivity index (χ0) is 11.4. The van der Waals surface area contributed by atoms with Crippen molar-refractivity contribution in [1.82, 2.24) is 20.6 Å². The molecule has 2 N–H and O–H groups in total. The molecule has 0 aromatic carbocycles. The zero-order valence-corrected chi connectivity index (χ0v) is 11.6. The molecular formula is C10H15Cl3N4. The smallest absolute Gasteiger partial charge is 0.223 e. The van der Waals surface area contributed by atoms with E-state index >= 15 is 0 Å². The van der Waals surface area contributed by atoms with Crippen LogP contribution in [-0.2, 0) is 6.54 Å². The van der Waals surface area contributed by atoms with Crippen LogP contribution in [-0.4, -0.2) is 29.1 Å². The summed E-state index contributed by atoms with van der Waals surface area (Å²) in [5, 5.41) is 7.39. The Morgan fingerprint density at radius 3 is 2.94 bits per heavy atom. The van der Waals surface area contributed by atoms with Crippen molar-refractivity contribution in [2.75, 3.05) is 13.1 Å². The van der Waals surface area contributed by atoms with E-state index in [9.17, 15) is 0 Å². The summed E-state index contributed by atoms with van der Waals surface area (Å²) in [4.78, 5) is 7.82. The van der Waals surface area contributed by atoms with Crippen molar-refractivity contribution in [3.05, 3.63) is 22.2 Å². The van der Waals surface area contributed by atoms with Crippen molar-refractivity contribution in [1.29, 1.82) is 0 Å². The molecule has 0 bridgehead atoms. The van der Waals surface area contributed by atoms with E-state index in [2.05, 4.69) is 20.6 Å². The van der Waals surface area contributed by atoms with E-state index in [1.165, 1.54) is 12.8 Å². The van der Waals surface area contributed by atoms with Gasteiger partial charge in [-0.3, -0.25) is 0 Å². The van der Waals surface area contributed by atoms with Gasteiger partial charge in [0, 0.05) is 30.9 Å². The predicted octanol–water partition coefficient (Wildman–Crippen LogP) is 2.05. The van der Waals surface area contributed by atoms with Crippen LogP contribution < -0.4 is 10.6 Å². The SMILES string of the molecule is Cl.Clc1ncc(CNC2CCCNC2)c(Cl)n1. The van der Waals surface area contributed by atoms with Gasteiger partial charge in [-0.2, -0.15) is 0 Å². The maximum absolute atomic E-state index is 5.96. The Bertz CT molecular complexity index is 355. The fraction of sp³-hybridized carbons (Fsp3) is 0.600. The third-order valence-corrected chi connectivity index (χ3v) is 3.17. The molecule has 1 aliphatic heterocycles. The van der Waals surface area contributed by atoms with Crippen LogP contribution >= 0.6 is 35.6 Å². The molecule has 1 aromatic heterocycles. The highest BCUT2D eigenvalue weighted by Gasteiger charge is 2.13. The lowest BCUT2D eigenvalue weighted by atomic mass is 10.1. The standard InChI is InChI=1S/C10H14Cl2N4.ClH/c11-9-7(5-15-10(12)16-9)4-14-8-2-1-3-13-6-8;/h5,8,13-14H,1-4,6H2;1H. The highest BCUT2D eigenvalue weighted by molar-refractivity contribution is 6.32. The number of hydrogen-bond donors (Lipinski definition) is 2. The van der Waals surface area contributed by atoms with Crippen LogP contribution in [0.2, 0.25) is 10.4 Å². The number of piperidine rings is 1. The molecule has 1 unspecified atom stereocenters. The van der Waals surface area contributed by atoms with E-state index in [0.717, 1.165) is 18.7 Å². The number of nitrogens with one attached hydrogen (secondary N) is 2. The fourth-order valence-electron chi connectivity index (χ4n) is 1.77. The molecule has 1 atom stereocenters. The van der Waals surface area contributed by atoms with Crippen molar-refractivity contribution in [2.24, 2.45) is 0 Å². The van der Waals surface area contributed by atoms with E-state index in [-0.39, 0.29) is 17.7 Å². The summed E-state index contributed by atoms with van der Waals surface area (Å²) < 4.78 is 0. The Labute approximate surface area is 117 Å². The summed E-state index contributed by atoms with van der Waals surface area (Å²) in [5.41, 5.74) is 0.886. The molecular weight excluding hydrogens is 282 g/mol. The van der Waals surface area contributed by atoms with Crippen LogP contribution in [0.3, 0.4) is 0 Å². The number of rotatable bonds is 3. The molecule has 1 saturated heterocycles. The van der Waals surface area contributed by atoms with E-state index in [0.29, 0.717) is 17.7 Å². The first-order valence-corrected chi connectivity index (χ1v) is 6.12.